The topological polar surface area (TPSA) is 12.0 Å². The van der Waals surface area contributed by atoms with E-state index < -0.39 is 0 Å². The molecule has 0 saturated heterocycles. The van der Waals surface area contributed by atoms with Crippen LogP contribution in [0, 0.1) is 13.8 Å². The Bertz CT molecular complexity index is 530. The lowest BCUT2D eigenvalue weighted by molar-refractivity contribution is 0.606. The molecule has 0 radical (unpaired) electrons. The predicted octanol–water partition coefficient (Wildman–Crippen LogP) is 4.89. The van der Waals surface area contributed by atoms with Crippen molar-refractivity contribution in [2.75, 3.05) is 12.3 Å². The van der Waals surface area contributed by atoms with Crippen molar-refractivity contribution in [2.45, 2.75) is 32.6 Å². The van der Waals surface area contributed by atoms with Crippen molar-refractivity contribution in [2.24, 2.45) is 0 Å². The molecule has 0 aliphatic carbocycles. The van der Waals surface area contributed by atoms with Gasteiger partial charge < -0.3 is 5.32 Å². The van der Waals surface area contributed by atoms with Crippen LogP contribution in [0.2, 0.25) is 0 Å². The lowest BCUT2D eigenvalue weighted by atomic mass is 10.1. The second kappa shape index (κ2) is 8.26. The molecule has 2 aromatic carbocycles. The second-order valence-electron chi connectivity index (χ2n) is 5.53. The lowest BCUT2D eigenvalue weighted by Crippen LogP contribution is -2.22. The fourth-order valence-electron chi connectivity index (χ4n) is 2.65. The minimum absolute atomic E-state index is 0.437. The molecular formula is C19H25NS. The summed E-state index contributed by atoms with van der Waals surface area (Å²) in [6, 6.07) is 18.0. The summed E-state index contributed by atoms with van der Waals surface area (Å²) in [5.74, 6) is 2.18. The number of hydrogen-bond donors (Lipinski definition) is 1. The third-order valence-corrected chi connectivity index (χ3v) is 4.59. The molecule has 0 spiro atoms. The number of hydrogen-bond acceptors (Lipinski definition) is 2. The summed E-state index contributed by atoms with van der Waals surface area (Å²) in [5.41, 5.74) is 5.53. The number of rotatable bonds is 7. The third kappa shape index (κ3) is 5.22. The van der Waals surface area contributed by atoms with Crippen LogP contribution in [0.1, 0.15) is 35.2 Å². The summed E-state index contributed by atoms with van der Waals surface area (Å²) in [4.78, 5) is 0. The van der Waals surface area contributed by atoms with Crippen LogP contribution in [0.5, 0.6) is 0 Å². The molecule has 112 valence electrons. The summed E-state index contributed by atoms with van der Waals surface area (Å²) in [6.45, 7) is 7.52. The second-order valence-corrected chi connectivity index (χ2v) is 6.56. The van der Waals surface area contributed by atoms with E-state index in [2.05, 4.69) is 74.6 Å². The highest BCUT2D eigenvalue weighted by Gasteiger charge is 2.09. The van der Waals surface area contributed by atoms with Crippen molar-refractivity contribution in [1.29, 1.82) is 0 Å². The smallest absolute Gasteiger partial charge is 0.0411 e. The summed E-state index contributed by atoms with van der Waals surface area (Å²) >= 11 is 2.00. The molecule has 2 rings (SSSR count). The summed E-state index contributed by atoms with van der Waals surface area (Å²) in [5, 5.41) is 3.59. The maximum atomic E-state index is 3.59. The van der Waals surface area contributed by atoms with Gasteiger partial charge in [-0.25, -0.2) is 0 Å². The van der Waals surface area contributed by atoms with E-state index in [4.69, 9.17) is 0 Å². The van der Waals surface area contributed by atoms with E-state index in [9.17, 15) is 0 Å². The van der Waals surface area contributed by atoms with Crippen LogP contribution in [0.15, 0.2) is 48.5 Å². The first-order valence-corrected chi connectivity index (χ1v) is 8.77. The van der Waals surface area contributed by atoms with Crippen molar-refractivity contribution >= 4 is 11.8 Å². The van der Waals surface area contributed by atoms with Gasteiger partial charge in [0.2, 0.25) is 0 Å². The Kier molecular flexibility index (Phi) is 6.34. The van der Waals surface area contributed by atoms with Gasteiger partial charge in [0.05, 0.1) is 0 Å². The molecule has 1 nitrogen and oxygen atoms in total. The van der Waals surface area contributed by atoms with E-state index >= 15 is 0 Å². The Morgan fingerprint density at radius 2 is 1.67 bits per heavy atom. The third-order valence-electron chi connectivity index (χ3n) is 3.49. The first-order chi connectivity index (χ1) is 10.2. The van der Waals surface area contributed by atoms with E-state index in [1.165, 1.54) is 22.3 Å². The number of aryl methyl sites for hydroxylation is 2. The lowest BCUT2D eigenvalue weighted by Gasteiger charge is -2.18. The Labute approximate surface area is 133 Å². The van der Waals surface area contributed by atoms with Crippen LogP contribution in [0.25, 0.3) is 0 Å². The predicted molar refractivity (Wildman–Crippen MR) is 94.9 cm³/mol. The van der Waals surface area contributed by atoms with Gasteiger partial charge in [-0.15, -0.1) is 0 Å². The van der Waals surface area contributed by atoms with Gasteiger partial charge in [0.25, 0.3) is 0 Å². The molecule has 0 aliphatic heterocycles. The zero-order chi connectivity index (χ0) is 15.1. The normalized spacial score (nSPS) is 12.3. The molecule has 2 aromatic rings. The Balaban J connectivity index is 1.93. The number of nitrogens with one attached hydrogen (secondary N) is 1. The van der Waals surface area contributed by atoms with Gasteiger partial charge in [-0.05, 0) is 31.5 Å². The highest BCUT2D eigenvalue weighted by molar-refractivity contribution is 7.98. The molecule has 0 saturated carbocycles. The van der Waals surface area contributed by atoms with Crippen molar-refractivity contribution in [3.63, 3.8) is 0 Å². The minimum Gasteiger partial charge on any atom is -0.310 e. The first-order valence-electron chi connectivity index (χ1n) is 7.62. The molecule has 0 aromatic heterocycles. The molecular weight excluding hydrogens is 274 g/mol. The highest BCUT2D eigenvalue weighted by atomic mass is 32.2. The van der Waals surface area contributed by atoms with Gasteiger partial charge in [0.15, 0.2) is 0 Å². The SMILES string of the molecule is CCNC(CSCc1cc(C)cc(C)c1)c1ccccc1. The fourth-order valence-corrected chi connectivity index (χ4v) is 3.72. The average Bonchev–Trinajstić information content (AvgIpc) is 2.46. The fraction of sp³-hybridized carbons (Fsp3) is 0.368. The van der Waals surface area contributed by atoms with E-state index in [1.54, 1.807) is 0 Å². The van der Waals surface area contributed by atoms with Crippen molar-refractivity contribution in [3.05, 3.63) is 70.8 Å². The van der Waals surface area contributed by atoms with Gasteiger partial charge in [0, 0.05) is 17.5 Å². The average molecular weight is 299 g/mol. The zero-order valence-electron chi connectivity index (χ0n) is 13.2. The zero-order valence-corrected chi connectivity index (χ0v) is 14.0. The summed E-state index contributed by atoms with van der Waals surface area (Å²) in [7, 11) is 0. The summed E-state index contributed by atoms with van der Waals surface area (Å²) < 4.78 is 0. The molecule has 1 atom stereocenters. The van der Waals surface area contributed by atoms with Crippen LogP contribution in [0.3, 0.4) is 0 Å². The van der Waals surface area contributed by atoms with Gasteiger partial charge in [-0.1, -0.05) is 66.6 Å². The van der Waals surface area contributed by atoms with Crippen molar-refractivity contribution in [1.82, 2.24) is 5.32 Å². The van der Waals surface area contributed by atoms with Gasteiger partial charge in [-0.3, -0.25) is 0 Å². The quantitative estimate of drug-likeness (QED) is 0.781. The monoisotopic (exact) mass is 299 g/mol. The van der Waals surface area contributed by atoms with Gasteiger partial charge >= 0.3 is 0 Å². The maximum Gasteiger partial charge on any atom is 0.0411 e. The van der Waals surface area contributed by atoms with E-state index in [0.717, 1.165) is 18.1 Å². The Morgan fingerprint density at radius 3 is 2.29 bits per heavy atom. The van der Waals surface area contributed by atoms with Gasteiger partial charge in [-0.2, -0.15) is 11.8 Å². The number of thioether (sulfide) groups is 1. The molecule has 1 unspecified atom stereocenters. The van der Waals surface area contributed by atoms with E-state index in [1.807, 2.05) is 11.8 Å². The molecule has 1 N–H and O–H groups in total. The Hall–Kier alpha value is -1.25. The van der Waals surface area contributed by atoms with E-state index in [-0.39, 0.29) is 0 Å². The molecule has 0 amide bonds. The molecule has 0 fully saturated rings. The van der Waals surface area contributed by atoms with Crippen molar-refractivity contribution < 1.29 is 0 Å². The highest BCUT2D eigenvalue weighted by Crippen LogP contribution is 2.22. The standard InChI is InChI=1S/C19H25NS/c1-4-20-19(18-8-6-5-7-9-18)14-21-13-17-11-15(2)10-16(3)12-17/h5-12,19-20H,4,13-14H2,1-3H3. The van der Waals surface area contributed by atoms with Crippen LogP contribution in [-0.2, 0) is 5.75 Å². The minimum atomic E-state index is 0.437. The van der Waals surface area contributed by atoms with Crippen molar-refractivity contribution in [3.8, 4) is 0 Å². The Morgan fingerprint density at radius 1 is 1.00 bits per heavy atom. The largest absolute Gasteiger partial charge is 0.310 e. The van der Waals surface area contributed by atoms with Crippen LogP contribution < -0.4 is 5.32 Å². The molecule has 21 heavy (non-hydrogen) atoms. The molecule has 0 aliphatic rings. The van der Waals surface area contributed by atoms with E-state index in [0.29, 0.717) is 6.04 Å². The van der Waals surface area contributed by atoms with Crippen LogP contribution in [-0.4, -0.2) is 12.3 Å². The summed E-state index contributed by atoms with van der Waals surface area (Å²) in [6.07, 6.45) is 0. The van der Waals surface area contributed by atoms with Crippen LogP contribution in [0.4, 0.5) is 0 Å². The molecule has 2 heteroatoms. The maximum absolute atomic E-state index is 3.59. The molecule has 0 heterocycles. The first kappa shape index (κ1) is 16.1. The van der Waals surface area contributed by atoms with Crippen LogP contribution >= 0.6 is 11.8 Å². The van der Waals surface area contributed by atoms with Gasteiger partial charge in [0.1, 0.15) is 0 Å². The molecule has 0 bridgehead atoms. The number of benzene rings is 2.